The first kappa shape index (κ1) is 9.41. The normalized spacial score (nSPS) is 10.4. The van der Waals surface area contributed by atoms with E-state index in [1.54, 1.807) is 6.26 Å². The lowest BCUT2D eigenvalue weighted by Gasteiger charge is -1.98. The van der Waals surface area contributed by atoms with Crippen molar-refractivity contribution in [2.45, 2.75) is 18.2 Å². The van der Waals surface area contributed by atoms with Crippen LogP contribution in [0.3, 0.4) is 0 Å². The zero-order valence-electron chi connectivity index (χ0n) is 8.03. The van der Waals surface area contributed by atoms with Crippen molar-refractivity contribution in [3.8, 4) is 0 Å². The highest BCUT2D eigenvalue weighted by molar-refractivity contribution is 7.80. The summed E-state index contributed by atoms with van der Waals surface area (Å²) in [6, 6.07) is 10.3. The number of hydrogen-bond acceptors (Lipinski definition) is 2. The van der Waals surface area contributed by atoms with Crippen LogP contribution in [0.1, 0.15) is 16.9 Å². The summed E-state index contributed by atoms with van der Waals surface area (Å²) in [4.78, 5) is 0.967. The largest absolute Gasteiger partial charge is 0.468 e. The first-order chi connectivity index (χ1) is 6.77. The quantitative estimate of drug-likeness (QED) is 0.739. The first-order valence-corrected chi connectivity index (χ1v) is 5.02. The Kier molecular flexibility index (Phi) is 2.64. The van der Waals surface area contributed by atoms with Gasteiger partial charge in [0, 0.05) is 16.9 Å². The minimum Gasteiger partial charge on any atom is -0.468 e. The second-order valence-electron chi connectivity index (χ2n) is 3.33. The van der Waals surface area contributed by atoms with E-state index >= 15 is 0 Å². The number of rotatable bonds is 2. The van der Waals surface area contributed by atoms with Crippen molar-refractivity contribution in [3.63, 3.8) is 0 Å². The molecule has 0 fully saturated rings. The van der Waals surface area contributed by atoms with Gasteiger partial charge in [0.1, 0.15) is 5.76 Å². The summed E-state index contributed by atoms with van der Waals surface area (Å²) in [6.07, 6.45) is 2.67. The molecule has 0 saturated carbocycles. The van der Waals surface area contributed by atoms with E-state index in [9.17, 15) is 0 Å². The molecule has 0 atom stereocenters. The van der Waals surface area contributed by atoms with Crippen molar-refractivity contribution in [3.05, 3.63) is 53.5 Å². The van der Waals surface area contributed by atoms with Gasteiger partial charge < -0.3 is 4.42 Å². The van der Waals surface area contributed by atoms with Gasteiger partial charge in [0.15, 0.2) is 0 Å². The van der Waals surface area contributed by atoms with E-state index in [4.69, 9.17) is 4.42 Å². The molecule has 2 heteroatoms. The summed E-state index contributed by atoms with van der Waals surface area (Å²) in [5.74, 6) is 0.888. The van der Waals surface area contributed by atoms with Crippen LogP contribution >= 0.6 is 12.6 Å². The maximum atomic E-state index is 5.29. The molecule has 0 aliphatic carbocycles. The Morgan fingerprint density at radius 1 is 1.21 bits per heavy atom. The van der Waals surface area contributed by atoms with Crippen LogP contribution in [0, 0.1) is 6.92 Å². The summed E-state index contributed by atoms with van der Waals surface area (Å²) in [6.45, 7) is 1.93. The summed E-state index contributed by atoms with van der Waals surface area (Å²) in [5.41, 5.74) is 2.43. The molecule has 0 aliphatic heterocycles. The molecule has 0 saturated heterocycles. The summed E-state index contributed by atoms with van der Waals surface area (Å²) < 4.78 is 5.29. The van der Waals surface area contributed by atoms with Gasteiger partial charge in [-0.25, -0.2) is 0 Å². The average Bonchev–Trinajstić information content (AvgIpc) is 2.52. The van der Waals surface area contributed by atoms with Crippen molar-refractivity contribution in [2.75, 3.05) is 0 Å². The van der Waals surface area contributed by atoms with Gasteiger partial charge in [-0.3, -0.25) is 0 Å². The van der Waals surface area contributed by atoms with Gasteiger partial charge in [-0.1, -0.05) is 30.3 Å². The molecule has 0 N–H and O–H groups in total. The van der Waals surface area contributed by atoms with Crippen LogP contribution in [-0.2, 0) is 6.42 Å². The molecule has 2 rings (SSSR count). The van der Waals surface area contributed by atoms with Crippen molar-refractivity contribution < 1.29 is 4.42 Å². The smallest absolute Gasteiger partial charge is 0.114 e. The standard InChI is InChI=1S/C12H12OS/c1-9-12(14)11(8-13-9)7-10-5-3-2-4-6-10/h2-6,8,14H,7H2,1H3. The molecule has 2 aromatic rings. The Morgan fingerprint density at radius 3 is 2.50 bits per heavy atom. The van der Waals surface area contributed by atoms with Gasteiger partial charge in [-0.2, -0.15) is 0 Å². The van der Waals surface area contributed by atoms with Crippen LogP contribution in [0.25, 0.3) is 0 Å². The average molecular weight is 204 g/mol. The third-order valence-electron chi connectivity index (χ3n) is 2.25. The SMILES string of the molecule is Cc1occ(Cc2ccccc2)c1S. The summed E-state index contributed by atoms with van der Waals surface area (Å²) >= 11 is 4.40. The Bertz CT molecular complexity index is 417. The molecule has 0 unspecified atom stereocenters. The van der Waals surface area contributed by atoms with Gasteiger partial charge in [0.2, 0.25) is 0 Å². The molecule has 0 spiro atoms. The third kappa shape index (κ3) is 1.85. The second-order valence-corrected chi connectivity index (χ2v) is 3.78. The van der Waals surface area contributed by atoms with Gasteiger partial charge in [0.25, 0.3) is 0 Å². The van der Waals surface area contributed by atoms with E-state index in [1.165, 1.54) is 5.56 Å². The molecule has 0 aliphatic rings. The van der Waals surface area contributed by atoms with Crippen molar-refractivity contribution in [1.29, 1.82) is 0 Å². The number of hydrogen-bond donors (Lipinski definition) is 1. The summed E-state index contributed by atoms with van der Waals surface area (Å²) in [7, 11) is 0. The Balaban J connectivity index is 2.23. The lowest BCUT2D eigenvalue weighted by atomic mass is 10.1. The van der Waals surface area contributed by atoms with Gasteiger partial charge >= 0.3 is 0 Å². The minimum atomic E-state index is 0.886. The van der Waals surface area contributed by atoms with Gasteiger partial charge in [-0.05, 0) is 12.5 Å². The lowest BCUT2D eigenvalue weighted by Crippen LogP contribution is -1.85. The first-order valence-electron chi connectivity index (χ1n) is 4.57. The summed E-state index contributed by atoms with van der Waals surface area (Å²) in [5, 5.41) is 0. The predicted molar refractivity (Wildman–Crippen MR) is 59.9 cm³/mol. The van der Waals surface area contributed by atoms with Crippen molar-refractivity contribution >= 4 is 12.6 Å². The minimum absolute atomic E-state index is 0.886. The number of benzene rings is 1. The molecule has 0 radical (unpaired) electrons. The number of furan rings is 1. The van der Waals surface area contributed by atoms with Crippen molar-refractivity contribution in [2.24, 2.45) is 0 Å². The zero-order valence-corrected chi connectivity index (χ0v) is 8.92. The Hall–Kier alpha value is -1.15. The highest BCUT2D eigenvalue weighted by atomic mass is 32.1. The molecule has 72 valence electrons. The fraction of sp³-hybridized carbons (Fsp3) is 0.167. The molecule has 0 bridgehead atoms. The molecule has 1 nitrogen and oxygen atoms in total. The fourth-order valence-corrected chi connectivity index (χ4v) is 1.62. The van der Waals surface area contributed by atoms with E-state index in [0.717, 1.165) is 22.6 Å². The fourth-order valence-electron chi connectivity index (χ4n) is 1.44. The number of aryl methyl sites for hydroxylation is 1. The van der Waals surface area contributed by atoms with E-state index in [0.29, 0.717) is 0 Å². The van der Waals surface area contributed by atoms with Crippen molar-refractivity contribution in [1.82, 2.24) is 0 Å². The molecule has 0 amide bonds. The molecule has 1 heterocycles. The predicted octanol–water partition coefficient (Wildman–Crippen LogP) is 3.47. The number of thiol groups is 1. The van der Waals surface area contributed by atoms with E-state index in [2.05, 4.69) is 24.8 Å². The van der Waals surface area contributed by atoms with E-state index < -0.39 is 0 Å². The van der Waals surface area contributed by atoms with E-state index in [-0.39, 0.29) is 0 Å². The van der Waals surface area contributed by atoms with Crippen LogP contribution in [0.5, 0.6) is 0 Å². The lowest BCUT2D eigenvalue weighted by molar-refractivity contribution is 0.526. The van der Waals surface area contributed by atoms with Gasteiger partial charge in [0.05, 0.1) is 6.26 Å². The van der Waals surface area contributed by atoms with E-state index in [1.807, 2.05) is 25.1 Å². The highest BCUT2D eigenvalue weighted by Crippen LogP contribution is 2.22. The van der Waals surface area contributed by atoms with Crippen LogP contribution in [0.2, 0.25) is 0 Å². The Labute approximate surface area is 89.2 Å². The van der Waals surface area contributed by atoms with Gasteiger partial charge in [-0.15, -0.1) is 12.6 Å². The van der Waals surface area contributed by atoms with Crippen LogP contribution < -0.4 is 0 Å². The van der Waals surface area contributed by atoms with Crippen LogP contribution in [0.15, 0.2) is 45.9 Å². The molecular formula is C12H12OS. The Morgan fingerprint density at radius 2 is 1.93 bits per heavy atom. The third-order valence-corrected chi connectivity index (χ3v) is 2.86. The molecule has 14 heavy (non-hydrogen) atoms. The maximum absolute atomic E-state index is 5.29. The highest BCUT2D eigenvalue weighted by Gasteiger charge is 2.06. The second kappa shape index (κ2) is 3.93. The molecule has 1 aromatic carbocycles. The molecular weight excluding hydrogens is 192 g/mol. The zero-order chi connectivity index (χ0) is 9.97. The monoisotopic (exact) mass is 204 g/mol. The topological polar surface area (TPSA) is 13.1 Å². The van der Waals surface area contributed by atoms with Crippen LogP contribution in [0.4, 0.5) is 0 Å². The maximum Gasteiger partial charge on any atom is 0.114 e. The van der Waals surface area contributed by atoms with Crippen LogP contribution in [-0.4, -0.2) is 0 Å². The molecule has 1 aromatic heterocycles.